The molecule has 8 nitrogen and oxygen atoms in total. The predicted octanol–water partition coefficient (Wildman–Crippen LogP) is 4.29. The van der Waals surface area contributed by atoms with E-state index in [-0.39, 0.29) is 23.4 Å². The molecule has 3 heterocycles. The predicted molar refractivity (Wildman–Crippen MR) is 125 cm³/mol. The van der Waals surface area contributed by atoms with Crippen LogP contribution in [0.3, 0.4) is 0 Å². The minimum atomic E-state index is -0.835. The maximum Gasteiger partial charge on any atom is 0.226 e. The van der Waals surface area contributed by atoms with Crippen LogP contribution in [0.2, 0.25) is 0 Å². The summed E-state index contributed by atoms with van der Waals surface area (Å²) < 4.78 is 29.4. The number of benzene rings is 1. The minimum absolute atomic E-state index is 0.0210. The largest absolute Gasteiger partial charge is 0.394 e. The number of aromatic nitrogens is 5. The number of nitrogens with two attached hydrogens (primary N) is 1. The number of rotatable bonds is 7. The zero-order chi connectivity index (χ0) is 23.7. The smallest absolute Gasteiger partial charge is 0.226 e. The summed E-state index contributed by atoms with van der Waals surface area (Å²) in [6, 6.07) is 2.27. The molecule has 0 bridgehead atoms. The number of thiazole rings is 2. The third-order valence-corrected chi connectivity index (χ3v) is 7.51. The number of hydrogen-bond acceptors (Lipinski definition) is 8. The number of nitrogens with zero attached hydrogens (tertiary/aromatic N) is 6. The Morgan fingerprint density at radius 3 is 2.32 bits per heavy atom. The number of nitrogen functional groups attached to an aromatic ring is 1. The van der Waals surface area contributed by atoms with Crippen LogP contribution >= 0.6 is 22.7 Å². The Kier molecular flexibility index (Phi) is 6.33. The van der Waals surface area contributed by atoms with Gasteiger partial charge in [0.2, 0.25) is 5.91 Å². The Morgan fingerprint density at radius 2 is 1.74 bits per heavy atom. The van der Waals surface area contributed by atoms with Gasteiger partial charge in [0.1, 0.15) is 23.0 Å². The molecule has 1 fully saturated rings. The van der Waals surface area contributed by atoms with Gasteiger partial charge >= 0.3 is 0 Å². The molecule has 3 aromatic heterocycles. The van der Waals surface area contributed by atoms with Gasteiger partial charge in [0, 0.05) is 33.6 Å². The third kappa shape index (κ3) is 4.68. The molecule has 176 valence electrons. The van der Waals surface area contributed by atoms with Crippen LogP contribution in [0.25, 0.3) is 11.3 Å². The monoisotopic (exact) mass is 501 g/mol. The van der Waals surface area contributed by atoms with Gasteiger partial charge in [0.05, 0.1) is 36.3 Å². The lowest BCUT2D eigenvalue weighted by molar-refractivity contribution is -0.136. The summed E-state index contributed by atoms with van der Waals surface area (Å²) in [5.74, 6) is -1.73. The molecule has 0 saturated heterocycles. The summed E-state index contributed by atoms with van der Waals surface area (Å²) in [5, 5.41) is 8.25. The zero-order valence-electron chi connectivity index (χ0n) is 18.0. The van der Waals surface area contributed by atoms with Crippen LogP contribution in [-0.2, 0) is 17.9 Å². The molecular formula is C22H21F2N7OS2. The SMILES string of the molecule is Nc1c(F)cc(-c2cn(C3CCC(C(=O)N(Cc4cncs4)Cc4cncs4)C3)nn2)cc1F. The van der Waals surface area contributed by atoms with Crippen molar-refractivity contribution in [1.82, 2.24) is 29.9 Å². The summed E-state index contributed by atoms with van der Waals surface area (Å²) in [6.07, 6.45) is 7.34. The molecule has 0 aliphatic heterocycles. The fourth-order valence-corrected chi connectivity index (χ4v) is 5.45. The third-order valence-electron chi connectivity index (χ3n) is 5.99. The second-order valence-corrected chi connectivity index (χ2v) is 10.2. The van der Waals surface area contributed by atoms with Crippen molar-refractivity contribution in [3.05, 3.63) is 63.1 Å². The highest BCUT2D eigenvalue weighted by Crippen LogP contribution is 2.36. The molecule has 0 spiro atoms. The fourth-order valence-electron chi connectivity index (χ4n) is 4.23. The van der Waals surface area contributed by atoms with Gasteiger partial charge in [-0.1, -0.05) is 5.21 Å². The number of halogens is 2. The number of anilines is 1. The average molecular weight is 502 g/mol. The normalized spacial score (nSPS) is 17.8. The average Bonchev–Trinajstić information content (AvgIpc) is 3.62. The minimum Gasteiger partial charge on any atom is -0.394 e. The molecule has 0 radical (unpaired) electrons. The van der Waals surface area contributed by atoms with Crippen LogP contribution in [0.15, 0.2) is 41.7 Å². The van der Waals surface area contributed by atoms with Gasteiger partial charge in [0.15, 0.2) is 0 Å². The van der Waals surface area contributed by atoms with Gasteiger partial charge in [-0.2, -0.15) is 0 Å². The van der Waals surface area contributed by atoms with Crippen LogP contribution in [0.5, 0.6) is 0 Å². The lowest BCUT2D eigenvalue weighted by atomic mass is 10.1. The van der Waals surface area contributed by atoms with Crippen molar-refractivity contribution in [2.45, 2.75) is 38.4 Å². The van der Waals surface area contributed by atoms with E-state index in [1.54, 1.807) is 34.3 Å². The summed E-state index contributed by atoms with van der Waals surface area (Å²) in [4.78, 5) is 25.6. The topological polar surface area (TPSA) is 103 Å². The molecule has 5 rings (SSSR count). The first-order valence-electron chi connectivity index (χ1n) is 10.7. The van der Waals surface area contributed by atoms with Gasteiger partial charge < -0.3 is 10.6 Å². The molecule has 1 saturated carbocycles. The van der Waals surface area contributed by atoms with Crippen LogP contribution in [0.1, 0.15) is 35.1 Å². The number of carbonyl (C=O) groups is 1. The van der Waals surface area contributed by atoms with Crippen LogP contribution in [-0.4, -0.2) is 35.8 Å². The van der Waals surface area contributed by atoms with Gasteiger partial charge in [-0.15, -0.1) is 27.8 Å². The quantitative estimate of drug-likeness (QED) is 0.379. The Bertz CT molecular complexity index is 1220. The fraction of sp³-hybridized carbons (Fsp3) is 0.318. The van der Waals surface area contributed by atoms with E-state index in [0.29, 0.717) is 25.2 Å². The van der Waals surface area contributed by atoms with E-state index in [9.17, 15) is 13.6 Å². The lowest BCUT2D eigenvalue weighted by Crippen LogP contribution is -2.34. The van der Waals surface area contributed by atoms with Crippen molar-refractivity contribution in [2.24, 2.45) is 5.92 Å². The summed E-state index contributed by atoms with van der Waals surface area (Å²) in [7, 11) is 0. The van der Waals surface area contributed by atoms with Crippen LogP contribution < -0.4 is 5.73 Å². The van der Waals surface area contributed by atoms with Gasteiger partial charge in [-0.05, 0) is 31.4 Å². The first kappa shape index (κ1) is 22.5. The van der Waals surface area contributed by atoms with Gasteiger partial charge in [-0.25, -0.2) is 13.5 Å². The van der Waals surface area contributed by atoms with E-state index in [0.717, 1.165) is 34.7 Å². The van der Waals surface area contributed by atoms with Crippen LogP contribution in [0, 0.1) is 17.6 Å². The van der Waals surface area contributed by atoms with E-state index in [4.69, 9.17) is 5.73 Å². The van der Waals surface area contributed by atoms with Crippen molar-refractivity contribution in [2.75, 3.05) is 5.73 Å². The number of hydrogen-bond donors (Lipinski definition) is 1. The molecule has 2 unspecified atom stereocenters. The van der Waals surface area contributed by atoms with Crippen molar-refractivity contribution < 1.29 is 13.6 Å². The highest BCUT2D eigenvalue weighted by molar-refractivity contribution is 7.09. The molecule has 1 aliphatic rings. The second kappa shape index (κ2) is 9.55. The standard InChI is InChI=1S/C22H21F2N7OS2/c23-18-4-14(5-19(24)21(18)25)20-10-31(29-28-20)15-2-1-13(3-15)22(32)30(8-16-6-26-11-33-16)9-17-7-27-12-34-17/h4-7,10-13,15H,1-3,8-9,25H2. The molecule has 34 heavy (non-hydrogen) atoms. The maximum atomic E-state index is 13.9. The Morgan fingerprint density at radius 1 is 1.09 bits per heavy atom. The first-order valence-corrected chi connectivity index (χ1v) is 12.4. The molecule has 1 aliphatic carbocycles. The highest BCUT2D eigenvalue weighted by atomic mass is 32.1. The lowest BCUT2D eigenvalue weighted by Gasteiger charge is -2.24. The van der Waals surface area contributed by atoms with Crippen molar-refractivity contribution in [1.29, 1.82) is 0 Å². The van der Waals surface area contributed by atoms with E-state index in [2.05, 4.69) is 20.3 Å². The molecule has 2 N–H and O–H groups in total. The molecular weight excluding hydrogens is 480 g/mol. The molecule has 1 aromatic carbocycles. The second-order valence-electron chi connectivity index (χ2n) is 8.23. The Hall–Kier alpha value is -3.25. The Labute approximate surface area is 202 Å². The van der Waals surface area contributed by atoms with Crippen molar-refractivity contribution in [3.63, 3.8) is 0 Å². The number of amides is 1. The highest BCUT2D eigenvalue weighted by Gasteiger charge is 2.34. The molecule has 1 amide bonds. The first-order chi connectivity index (χ1) is 16.5. The zero-order valence-corrected chi connectivity index (χ0v) is 19.6. The van der Waals surface area contributed by atoms with E-state index < -0.39 is 17.3 Å². The molecule has 12 heteroatoms. The summed E-state index contributed by atoms with van der Waals surface area (Å²) in [6.45, 7) is 1.01. The maximum absolute atomic E-state index is 13.9. The van der Waals surface area contributed by atoms with E-state index >= 15 is 0 Å². The molecule has 4 aromatic rings. The van der Waals surface area contributed by atoms with Crippen LogP contribution in [0.4, 0.5) is 14.5 Å². The van der Waals surface area contributed by atoms with E-state index in [1.807, 2.05) is 4.90 Å². The van der Waals surface area contributed by atoms with E-state index in [1.165, 1.54) is 22.7 Å². The van der Waals surface area contributed by atoms with Crippen molar-refractivity contribution in [3.8, 4) is 11.3 Å². The summed E-state index contributed by atoms with van der Waals surface area (Å²) >= 11 is 3.05. The Balaban J connectivity index is 1.29. The van der Waals surface area contributed by atoms with Gasteiger partial charge in [-0.3, -0.25) is 14.8 Å². The summed E-state index contributed by atoms with van der Waals surface area (Å²) in [5.41, 5.74) is 8.97. The van der Waals surface area contributed by atoms with Crippen molar-refractivity contribution >= 4 is 34.3 Å². The molecule has 2 atom stereocenters. The number of carbonyl (C=O) groups excluding carboxylic acids is 1. The van der Waals surface area contributed by atoms with Gasteiger partial charge in [0.25, 0.3) is 0 Å².